The summed E-state index contributed by atoms with van der Waals surface area (Å²) in [5.41, 5.74) is 15.2. The summed E-state index contributed by atoms with van der Waals surface area (Å²) in [6, 6.07) is 0. The van der Waals surface area contributed by atoms with Crippen molar-refractivity contribution in [1.82, 2.24) is 5.32 Å². The molecule has 7 N–H and O–H groups in total. The van der Waals surface area contributed by atoms with Crippen molar-refractivity contribution in [2.24, 2.45) is 17.2 Å². The van der Waals surface area contributed by atoms with Crippen molar-refractivity contribution in [2.45, 2.75) is 6.92 Å². The zero-order chi connectivity index (χ0) is 11.8. The fourth-order valence-electron chi connectivity index (χ4n) is 0.329. The van der Waals surface area contributed by atoms with E-state index in [1.54, 1.807) is 0 Å². The van der Waals surface area contributed by atoms with Crippen LogP contribution in [0.3, 0.4) is 0 Å². The van der Waals surface area contributed by atoms with Crippen molar-refractivity contribution < 1.29 is 73.5 Å². The fraction of sp³-hybridized carbons (Fsp3) is 1.00. The molecule has 0 unspecified atom stereocenters. The van der Waals surface area contributed by atoms with Crippen molar-refractivity contribution in [3.8, 4) is 0 Å². The Bertz CT molecular complexity index is 108. The van der Waals surface area contributed by atoms with E-state index in [2.05, 4.69) is 5.32 Å². The van der Waals surface area contributed by atoms with Gasteiger partial charge in [0.05, 0.1) is 0 Å². The minimum atomic E-state index is -3.63. The van der Waals surface area contributed by atoms with Gasteiger partial charge in [0.15, 0.2) is 0 Å². The summed E-state index contributed by atoms with van der Waals surface area (Å²) >= 11 is 0. The van der Waals surface area contributed by atoms with Gasteiger partial charge in [0.1, 0.15) is 0 Å². The van der Waals surface area contributed by atoms with Gasteiger partial charge in [0.2, 0.25) is 0 Å². The fourth-order valence-corrected chi connectivity index (χ4v) is 0.329. The standard InChI is InChI=1S/C4H13N3.C2H7N.2Na.H3O3P/c5-1-3-7-4-2-6;1-2-3;;;1-4(2)3/h7H,1-6H2;2-3H2,1H3;;;4H,(H2,1,2,3)/q;;2*+1;/p-2. The summed E-state index contributed by atoms with van der Waals surface area (Å²) < 4.78 is 8.52. The molecular formula is C6H21N4Na2O3P. The minimum absolute atomic E-state index is 0. The van der Waals surface area contributed by atoms with E-state index in [0.29, 0.717) is 13.1 Å². The van der Waals surface area contributed by atoms with Gasteiger partial charge in [-0.15, -0.1) is 0 Å². The van der Waals surface area contributed by atoms with Gasteiger partial charge < -0.3 is 36.9 Å². The van der Waals surface area contributed by atoms with Gasteiger partial charge in [-0.3, -0.25) is 0 Å². The third-order valence-electron chi connectivity index (χ3n) is 0.642. The van der Waals surface area contributed by atoms with Crippen LogP contribution >= 0.6 is 8.25 Å². The van der Waals surface area contributed by atoms with Gasteiger partial charge in [-0.25, -0.2) is 0 Å². The second-order valence-corrected chi connectivity index (χ2v) is 2.49. The van der Waals surface area contributed by atoms with Crippen molar-refractivity contribution in [3.05, 3.63) is 0 Å². The third kappa shape index (κ3) is 100. The van der Waals surface area contributed by atoms with Crippen LogP contribution in [0.4, 0.5) is 0 Å². The van der Waals surface area contributed by atoms with E-state index >= 15 is 0 Å². The largest absolute Gasteiger partial charge is 1.00 e. The Morgan fingerprint density at radius 2 is 1.25 bits per heavy atom. The molecule has 10 heteroatoms. The maximum absolute atomic E-state index is 8.52. The second-order valence-electron chi connectivity index (χ2n) is 1.99. The molecule has 0 aliphatic rings. The van der Waals surface area contributed by atoms with E-state index in [9.17, 15) is 0 Å². The first-order chi connectivity index (χ1) is 6.56. The molecule has 16 heavy (non-hydrogen) atoms. The topological polar surface area (TPSA) is 153 Å². The molecule has 0 amide bonds. The Labute approximate surface area is 142 Å². The first-order valence-electron chi connectivity index (χ1n) is 4.25. The van der Waals surface area contributed by atoms with Crippen LogP contribution in [0.25, 0.3) is 0 Å². The van der Waals surface area contributed by atoms with Crippen LogP contribution in [0.15, 0.2) is 0 Å². The molecule has 0 aliphatic heterocycles. The summed E-state index contributed by atoms with van der Waals surface area (Å²) in [6.07, 6.45) is 0. The Morgan fingerprint density at radius 3 is 1.38 bits per heavy atom. The van der Waals surface area contributed by atoms with Gasteiger partial charge in [0.25, 0.3) is 0 Å². The summed E-state index contributed by atoms with van der Waals surface area (Å²) in [5.74, 6) is 0. The van der Waals surface area contributed by atoms with Crippen LogP contribution in [-0.4, -0.2) is 32.7 Å². The van der Waals surface area contributed by atoms with Crippen molar-refractivity contribution in [1.29, 1.82) is 0 Å². The molecule has 0 aliphatic carbocycles. The Balaban J connectivity index is -0.0000000393. The summed E-state index contributed by atoms with van der Waals surface area (Å²) in [7, 11) is -3.63. The molecule has 0 fully saturated rings. The van der Waals surface area contributed by atoms with Crippen LogP contribution in [0.2, 0.25) is 0 Å². The zero-order valence-corrected chi connectivity index (χ0v) is 15.5. The van der Waals surface area contributed by atoms with E-state index in [1.807, 2.05) is 6.92 Å². The van der Waals surface area contributed by atoms with E-state index < -0.39 is 8.25 Å². The normalized spacial score (nSPS) is 7.44. The van der Waals surface area contributed by atoms with E-state index in [-0.39, 0.29) is 59.1 Å². The predicted molar refractivity (Wildman–Crippen MR) is 54.7 cm³/mol. The van der Waals surface area contributed by atoms with Crippen LogP contribution in [0.5, 0.6) is 0 Å². The van der Waals surface area contributed by atoms with Crippen molar-refractivity contribution >= 4 is 8.25 Å². The molecule has 0 saturated heterocycles. The smallest absolute Gasteiger partial charge is 0.813 e. The molecule has 0 aromatic rings. The molecule has 0 radical (unpaired) electrons. The average molecular weight is 274 g/mol. The molecular weight excluding hydrogens is 253 g/mol. The molecule has 0 spiro atoms. The van der Waals surface area contributed by atoms with Crippen molar-refractivity contribution in [3.63, 3.8) is 0 Å². The van der Waals surface area contributed by atoms with Gasteiger partial charge in [-0.2, -0.15) is 0 Å². The van der Waals surface area contributed by atoms with Gasteiger partial charge in [-0.05, 0) is 6.54 Å². The third-order valence-corrected chi connectivity index (χ3v) is 0.642. The second kappa shape index (κ2) is 36.0. The number of hydrogen-bond donors (Lipinski definition) is 4. The zero-order valence-electron chi connectivity index (χ0n) is 10.5. The minimum Gasteiger partial charge on any atom is -0.813 e. The van der Waals surface area contributed by atoms with E-state index in [0.717, 1.165) is 19.6 Å². The average Bonchev–Trinajstić information content (AvgIpc) is 2.06. The number of rotatable bonds is 4. The molecule has 90 valence electrons. The quantitative estimate of drug-likeness (QED) is 0.225. The first-order valence-corrected chi connectivity index (χ1v) is 5.48. The molecule has 0 aromatic heterocycles. The van der Waals surface area contributed by atoms with Crippen LogP contribution < -0.4 is 91.4 Å². The Hall–Kier alpha value is 1.99. The molecule has 7 nitrogen and oxygen atoms in total. The number of nitrogens with two attached hydrogens (primary N) is 3. The van der Waals surface area contributed by atoms with Gasteiger partial charge in [-0.1, -0.05) is 15.2 Å². The maximum atomic E-state index is 8.52. The van der Waals surface area contributed by atoms with E-state index in [1.165, 1.54) is 0 Å². The first kappa shape index (κ1) is 30.8. The maximum Gasteiger partial charge on any atom is 1.00 e. The van der Waals surface area contributed by atoms with Crippen LogP contribution in [0, 0.1) is 0 Å². The van der Waals surface area contributed by atoms with Crippen LogP contribution in [-0.2, 0) is 4.57 Å². The summed E-state index contributed by atoms with van der Waals surface area (Å²) in [4.78, 5) is 17.0. The van der Waals surface area contributed by atoms with Crippen LogP contribution in [0.1, 0.15) is 6.92 Å². The van der Waals surface area contributed by atoms with Gasteiger partial charge in [0, 0.05) is 26.2 Å². The van der Waals surface area contributed by atoms with Gasteiger partial charge >= 0.3 is 59.1 Å². The van der Waals surface area contributed by atoms with Crippen molar-refractivity contribution in [2.75, 3.05) is 32.7 Å². The SMILES string of the molecule is CCN.NCCNCCN.O=[PH]([O-])[O-].[Na+].[Na+]. The molecule has 0 rings (SSSR count). The summed E-state index contributed by atoms with van der Waals surface area (Å²) in [6.45, 7) is 5.79. The Morgan fingerprint density at radius 1 is 1.06 bits per heavy atom. The molecule has 0 aromatic carbocycles. The molecule has 0 atom stereocenters. The molecule has 0 saturated carbocycles. The Kier molecular flexibility index (Phi) is 69.2. The summed E-state index contributed by atoms with van der Waals surface area (Å²) in [5, 5.41) is 3.03. The number of hydrogen-bond acceptors (Lipinski definition) is 7. The monoisotopic (exact) mass is 274 g/mol. The number of nitrogens with one attached hydrogen (secondary N) is 1. The molecule has 0 heterocycles. The predicted octanol–water partition coefficient (Wildman–Crippen LogP) is -9.44. The molecule has 0 bridgehead atoms. The van der Waals surface area contributed by atoms with E-state index in [4.69, 9.17) is 31.6 Å².